The number of fused-ring (bicyclic) bond motifs is 1. The molecule has 1 aliphatic rings. The number of hydrogen-bond acceptors (Lipinski definition) is 5. The maximum absolute atomic E-state index is 12.4. The molecule has 0 amide bonds. The SMILES string of the molecule is CCCn1c(C)cc(C(=O)COC(=O)c2ccc3c(c2)OCO3)c1C. The van der Waals surface area contributed by atoms with Gasteiger partial charge in [-0.3, -0.25) is 4.79 Å². The summed E-state index contributed by atoms with van der Waals surface area (Å²) in [6.45, 7) is 6.69. The van der Waals surface area contributed by atoms with E-state index in [-0.39, 0.29) is 19.2 Å². The normalized spacial score (nSPS) is 12.3. The largest absolute Gasteiger partial charge is 0.454 e. The highest BCUT2D eigenvalue weighted by Crippen LogP contribution is 2.32. The molecule has 6 nitrogen and oxygen atoms in total. The molecule has 0 unspecified atom stereocenters. The topological polar surface area (TPSA) is 66.8 Å². The van der Waals surface area contributed by atoms with Gasteiger partial charge >= 0.3 is 5.97 Å². The van der Waals surface area contributed by atoms with Crippen molar-refractivity contribution < 1.29 is 23.8 Å². The van der Waals surface area contributed by atoms with Crippen molar-refractivity contribution in [2.45, 2.75) is 33.7 Å². The fourth-order valence-electron chi connectivity index (χ4n) is 2.97. The number of ketones is 1. The fourth-order valence-corrected chi connectivity index (χ4v) is 2.97. The third kappa shape index (κ3) is 3.38. The van der Waals surface area contributed by atoms with Crippen LogP contribution < -0.4 is 9.47 Å². The summed E-state index contributed by atoms with van der Waals surface area (Å²) >= 11 is 0. The first kappa shape index (κ1) is 17.1. The minimum absolute atomic E-state index is 0.139. The summed E-state index contributed by atoms with van der Waals surface area (Å²) in [5.41, 5.74) is 2.87. The van der Waals surface area contributed by atoms with Crippen LogP contribution in [0.2, 0.25) is 0 Å². The molecule has 0 atom stereocenters. The quantitative estimate of drug-likeness (QED) is 0.595. The van der Waals surface area contributed by atoms with Crippen LogP contribution in [0.4, 0.5) is 0 Å². The Kier molecular flexibility index (Phi) is 4.79. The van der Waals surface area contributed by atoms with Gasteiger partial charge in [0.1, 0.15) is 0 Å². The summed E-state index contributed by atoms with van der Waals surface area (Å²) in [7, 11) is 0. The Morgan fingerprint density at radius 3 is 2.68 bits per heavy atom. The summed E-state index contributed by atoms with van der Waals surface area (Å²) < 4.78 is 17.7. The first-order chi connectivity index (χ1) is 12.0. The molecule has 0 bridgehead atoms. The molecule has 2 aromatic rings. The predicted octanol–water partition coefficient (Wildman–Crippen LogP) is 3.28. The Morgan fingerprint density at radius 2 is 1.92 bits per heavy atom. The molecule has 0 saturated heterocycles. The van der Waals surface area contributed by atoms with Gasteiger partial charge < -0.3 is 18.8 Å². The lowest BCUT2D eigenvalue weighted by Gasteiger charge is -2.08. The second-order valence-electron chi connectivity index (χ2n) is 6.00. The predicted molar refractivity (Wildman–Crippen MR) is 91.4 cm³/mol. The van der Waals surface area contributed by atoms with Crippen molar-refractivity contribution in [2.24, 2.45) is 0 Å². The number of aryl methyl sites for hydroxylation is 1. The summed E-state index contributed by atoms with van der Waals surface area (Å²) in [5, 5.41) is 0. The molecular formula is C19H21NO5. The van der Waals surface area contributed by atoms with E-state index in [1.54, 1.807) is 18.2 Å². The Morgan fingerprint density at radius 1 is 1.16 bits per heavy atom. The Balaban J connectivity index is 1.66. The Bertz CT molecular complexity index is 821. The number of Topliss-reactive ketones (excluding diaryl/α,β-unsaturated/α-hetero) is 1. The van der Waals surface area contributed by atoms with Crippen LogP contribution in [0.5, 0.6) is 11.5 Å². The van der Waals surface area contributed by atoms with Crippen molar-refractivity contribution in [3.63, 3.8) is 0 Å². The first-order valence-corrected chi connectivity index (χ1v) is 8.28. The summed E-state index contributed by atoms with van der Waals surface area (Å²) in [5.74, 6) is 0.332. The monoisotopic (exact) mass is 343 g/mol. The molecule has 0 aliphatic carbocycles. The number of hydrogen-bond donors (Lipinski definition) is 0. The lowest BCUT2D eigenvalue weighted by atomic mass is 10.1. The molecule has 1 aliphatic heterocycles. The second kappa shape index (κ2) is 7.01. The van der Waals surface area contributed by atoms with Crippen molar-refractivity contribution in [1.82, 2.24) is 4.57 Å². The van der Waals surface area contributed by atoms with Crippen molar-refractivity contribution in [1.29, 1.82) is 0 Å². The van der Waals surface area contributed by atoms with Crippen molar-refractivity contribution >= 4 is 11.8 Å². The molecule has 3 rings (SSSR count). The molecule has 132 valence electrons. The maximum Gasteiger partial charge on any atom is 0.338 e. The average Bonchev–Trinajstić information content (AvgIpc) is 3.18. The number of carbonyl (C=O) groups excluding carboxylic acids is 2. The van der Waals surface area contributed by atoms with Crippen LogP contribution in [0.1, 0.15) is 45.4 Å². The van der Waals surface area contributed by atoms with Gasteiger partial charge in [-0.2, -0.15) is 0 Å². The van der Waals surface area contributed by atoms with Gasteiger partial charge in [-0.1, -0.05) is 6.92 Å². The molecule has 1 aromatic heterocycles. The molecule has 2 heterocycles. The van der Waals surface area contributed by atoms with E-state index in [4.69, 9.17) is 14.2 Å². The van der Waals surface area contributed by atoms with Gasteiger partial charge in [-0.15, -0.1) is 0 Å². The van der Waals surface area contributed by atoms with E-state index in [9.17, 15) is 9.59 Å². The molecule has 0 N–H and O–H groups in total. The van der Waals surface area contributed by atoms with Crippen LogP contribution in [0.3, 0.4) is 0 Å². The van der Waals surface area contributed by atoms with Gasteiger partial charge in [0.2, 0.25) is 12.6 Å². The van der Waals surface area contributed by atoms with Crippen LogP contribution >= 0.6 is 0 Å². The molecule has 0 fully saturated rings. The van der Waals surface area contributed by atoms with Crippen LogP contribution in [0.25, 0.3) is 0 Å². The number of aromatic nitrogens is 1. The second-order valence-corrected chi connectivity index (χ2v) is 6.00. The van der Waals surface area contributed by atoms with Crippen molar-refractivity contribution in [3.8, 4) is 11.5 Å². The highest BCUT2D eigenvalue weighted by Gasteiger charge is 2.20. The van der Waals surface area contributed by atoms with Crippen LogP contribution in [0, 0.1) is 13.8 Å². The fraction of sp³-hybridized carbons (Fsp3) is 0.368. The summed E-state index contributed by atoms with van der Waals surface area (Å²) in [6.07, 6.45) is 0.989. The molecule has 6 heteroatoms. The van der Waals surface area contributed by atoms with Gasteiger partial charge in [0.05, 0.1) is 5.56 Å². The van der Waals surface area contributed by atoms with Gasteiger partial charge in [-0.05, 0) is 44.5 Å². The molecule has 1 aromatic carbocycles. The van der Waals surface area contributed by atoms with E-state index in [0.29, 0.717) is 22.6 Å². The van der Waals surface area contributed by atoms with E-state index < -0.39 is 5.97 Å². The maximum atomic E-state index is 12.4. The van der Waals surface area contributed by atoms with Crippen molar-refractivity contribution in [3.05, 3.63) is 46.8 Å². The zero-order valence-electron chi connectivity index (χ0n) is 14.6. The lowest BCUT2D eigenvalue weighted by Crippen LogP contribution is -2.15. The first-order valence-electron chi connectivity index (χ1n) is 8.28. The van der Waals surface area contributed by atoms with Crippen LogP contribution in [-0.4, -0.2) is 29.7 Å². The van der Waals surface area contributed by atoms with Gasteiger partial charge in [-0.25, -0.2) is 4.79 Å². The third-order valence-corrected chi connectivity index (χ3v) is 4.26. The smallest absolute Gasteiger partial charge is 0.338 e. The molecule has 0 spiro atoms. The van der Waals surface area contributed by atoms with Gasteiger partial charge in [0.15, 0.2) is 18.1 Å². The van der Waals surface area contributed by atoms with Crippen LogP contribution in [0.15, 0.2) is 24.3 Å². The lowest BCUT2D eigenvalue weighted by molar-refractivity contribution is 0.0474. The highest BCUT2D eigenvalue weighted by atomic mass is 16.7. The zero-order chi connectivity index (χ0) is 18.0. The molecule has 25 heavy (non-hydrogen) atoms. The molecular weight excluding hydrogens is 322 g/mol. The number of rotatable bonds is 6. The Hall–Kier alpha value is -2.76. The molecule has 0 radical (unpaired) electrons. The third-order valence-electron chi connectivity index (χ3n) is 4.26. The number of carbonyl (C=O) groups is 2. The minimum Gasteiger partial charge on any atom is -0.454 e. The number of ether oxygens (including phenoxy) is 3. The summed E-state index contributed by atoms with van der Waals surface area (Å²) in [6, 6.07) is 6.65. The zero-order valence-corrected chi connectivity index (χ0v) is 14.6. The number of benzene rings is 1. The number of esters is 1. The van der Waals surface area contributed by atoms with Crippen LogP contribution in [-0.2, 0) is 11.3 Å². The van der Waals surface area contributed by atoms with E-state index in [0.717, 1.165) is 24.4 Å². The van der Waals surface area contributed by atoms with Crippen molar-refractivity contribution in [2.75, 3.05) is 13.4 Å². The molecule has 0 saturated carbocycles. The van der Waals surface area contributed by atoms with E-state index in [1.807, 2.05) is 19.9 Å². The van der Waals surface area contributed by atoms with Gasteiger partial charge in [0, 0.05) is 23.5 Å². The summed E-state index contributed by atoms with van der Waals surface area (Å²) in [4.78, 5) is 24.6. The Labute approximate surface area is 146 Å². The average molecular weight is 343 g/mol. The van der Waals surface area contributed by atoms with E-state index >= 15 is 0 Å². The number of nitrogens with zero attached hydrogens (tertiary/aromatic N) is 1. The highest BCUT2D eigenvalue weighted by molar-refractivity contribution is 6.00. The van der Waals surface area contributed by atoms with E-state index in [1.165, 1.54) is 0 Å². The standard InChI is InChI=1S/C19H21NO5/c1-4-7-20-12(2)8-15(13(20)3)16(21)10-23-19(22)14-5-6-17-18(9-14)25-11-24-17/h5-6,8-9H,4,7,10-11H2,1-3H3. The van der Waals surface area contributed by atoms with Gasteiger partial charge in [0.25, 0.3) is 0 Å². The minimum atomic E-state index is -0.561. The van der Waals surface area contributed by atoms with E-state index in [2.05, 4.69) is 11.5 Å².